The lowest BCUT2D eigenvalue weighted by atomic mass is 10.0. The van der Waals surface area contributed by atoms with Crippen LogP contribution in [0.5, 0.6) is 0 Å². The molecule has 2 aromatic carbocycles. The molecular weight excluding hydrogens is 454 g/mol. The molecular formula is C26H26ClN3O2S. The number of benzene rings is 2. The van der Waals surface area contributed by atoms with Crippen LogP contribution in [-0.4, -0.2) is 21.0 Å². The lowest BCUT2D eigenvalue weighted by molar-refractivity contribution is 0.0696. The van der Waals surface area contributed by atoms with Gasteiger partial charge in [0.1, 0.15) is 6.04 Å². The molecule has 7 heteroatoms. The summed E-state index contributed by atoms with van der Waals surface area (Å²) in [6.07, 6.45) is 1.79. The number of rotatable bonds is 8. The van der Waals surface area contributed by atoms with Crippen LogP contribution in [0.4, 0.5) is 0 Å². The van der Waals surface area contributed by atoms with Gasteiger partial charge >= 0.3 is 5.97 Å². The first kappa shape index (κ1) is 24.6. The topological polar surface area (TPSA) is 75.1 Å². The SMILES string of the molecule is CC(C)c1ccc(-c2ccnc(C(NCc3cccc(C(=O)O)c3)c3cccs3)n2)cc1.Cl. The number of halogens is 1. The molecule has 4 aromatic rings. The Hall–Kier alpha value is -3.06. The zero-order valence-electron chi connectivity index (χ0n) is 18.4. The third-order valence-corrected chi connectivity index (χ3v) is 6.25. The number of aromatic nitrogens is 2. The van der Waals surface area contributed by atoms with Crippen LogP contribution in [0.3, 0.4) is 0 Å². The fraction of sp³-hybridized carbons (Fsp3) is 0.192. The van der Waals surface area contributed by atoms with Gasteiger partial charge in [0.05, 0.1) is 11.3 Å². The Morgan fingerprint density at radius 2 is 1.85 bits per heavy atom. The van der Waals surface area contributed by atoms with E-state index in [4.69, 9.17) is 4.98 Å². The quantitative estimate of drug-likeness (QED) is 0.309. The number of aromatic carboxylic acids is 1. The number of carboxylic acids is 1. The lowest BCUT2D eigenvalue weighted by Crippen LogP contribution is -2.23. The lowest BCUT2D eigenvalue weighted by Gasteiger charge is -2.17. The number of carboxylic acid groups (broad SMARTS) is 1. The summed E-state index contributed by atoms with van der Waals surface area (Å²) < 4.78 is 0. The van der Waals surface area contributed by atoms with Crippen molar-refractivity contribution in [1.82, 2.24) is 15.3 Å². The highest BCUT2D eigenvalue weighted by Crippen LogP contribution is 2.27. The van der Waals surface area contributed by atoms with Crippen molar-refractivity contribution in [3.63, 3.8) is 0 Å². The first-order valence-corrected chi connectivity index (χ1v) is 11.4. The summed E-state index contributed by atoms with van der Waals surface area (Å²) in [4.78, 5) is 21.8. The van der Waals surface area contributed by atoms with Crippen LogP contribution < -0.4 is 5.32 Å². The third-order valence-electron chi connectivity index (χ3n) is 5.32. The maximum absolute atomic E-state index is 11.3. The van der Waals surface area contributed by atoms with Gasteiger partial charge in [-0.05, 0) is 46.7 Å². The maximum Gasteiger partial charge on any atom is 0.335 e. The molecule has 0 spiro atoms. The number of nitrogens with one attached hydrogen (secondary N) is 1. The van der Waals surface area contributed by atoms with E-state index in [0.29, 0.717) is 18.3 Å². The molecule has 2 N–H and O–H groups in total. The Balaban J connectivity index is 0.00000306. The average Bonchev–Trinajstić information content (AvgIpc) is 3.34. The molecule has 2 heterocycles. The number of nitrogens with zero attached hydrogens (tertiary/aromatic N) is 2. The molecule has 1 unspecified atom stereocenters. The molecule has 0 saturated carbocycles. The monoisotopic (exact) mass is 479 g/mol. The predicted octanol–water partition coefficient (Wildman–Crippen LogP) is 6.33. The number of thiophene rings is 1. The molecule has 4 rings (SSSR count). The number of hydrogen-bond acceptors (Lipinski definition) is 5. The Labute approximate surface area is 204 Å². The van der Waals surface area contributed by atoms with Gasteiger partial charge in [-0.1, -0.05) is 56.3 Å². The molecule has 2 aromatic heterocycles. The van der Waals surface area contributed by atoms with Gasteiger partial charge in [-0.25, -0.2) is 14.8 Å². The summed E-state index contributed by atoms with van der Waals surface area (Å²) in [7, 11) is 0. The van der Waals surface area contributed by atoms with E-state index in [-0.39, 0.29) is 24.0 Å². The third kappa shape index (κ3) is 6.05. The highest BCUT2D eigenvalue weighted by atomic mass is 35.5. The molecule has 0 radical (unpaired) electrons. The van der Waals surface area contributed by atoms with Crippen LogP contribution in [0, 0.1) is 0 Å². The Morgan fingerprint density at radius 1 is 1.06 bits per heavy atom. The van der Waals surface area contributed by atoms with E-state index < -0.39 is 5.97 Å². The van der Waals surface area contributed by atoms with Crippen molar-refractivity contribution < 1.29 is 9.90 Å². The van der Waals surface area contributed by atoms with Crippen LogP contribution in [-0.2, 0) is 6.54 Å². The first-order chi connectivity index (χ1) is 15.5. The second-order valence-corrected chi connectivity index (χ2v) is 8.89. The Bertz CT molecular complexity index is 1190. The molecule has 5 nitrogen and oxygen atoms in total. The van der Waals surface area contributed by atoms with Crippen molar-refractivity contribution in [3.8, 4) is 11.3 Å². The van der Waals surface area contributed by atoms with Gasteiger partial charge in [0, 0.05) is 23.2 Å². The summed E-state index contributed by atoms with van der Waals surface area (Å²) in [5.74, 6) is 0.241. The van der Waals surface area contributed by atoms with Crippen molar-refractivity contribution in [2.24, 2.45) is 0 Å². The molecule has 0 saturated heterocycles. The van der Waals surface area contributed by atoms with Gasteiger partial charge in [-0.2, -0.15) is 0 Å². The Morgan fingerprint density at radius 3 is 2.52 bits per heavy atom. The highest BCUT2D eigenvalue weighted by Gasteiger charge is 2.19. The zero-order valence-corrected chi connectivity index (χ0v) is 20.1. The zero-order chi connectivity index (χ0) is 22.5. The van der Waals surface area contributed by atoms with E-state index in [2.05, 4.69) is 54.5 Å². The Kier molecular flexibility index (Phi) is 8.33. The maximum atomic E-state index is 11.3. The minimum absolute atomic E-state index is 0. The first-order valence-electron chi connectivity index (χ1n) is 10.5. The van der Waals surface area contributed by atoms with Crippen molar-refractivity contribution >= 4 is 29.7 Å². The van der Waals surface area contributed by atoms with Crippen molar-refractivity contribution in [2.75, 3.05) is 0 Å². The normalized spacial score (nSPS) is 11.7. The standard InChI is InChI=1S/C26H25N3O2S.ClH/c1-17(2)19-8-10-20(11-9-19)22-12-13-27-25(29-22)24(23-7-4-14-32-23)28-16-18-5-3-6-21(15-18)26(30)31;/h3-15,17,24,28H,16H2,1-2H3,(H,30,31);1H. The minimum atomic E-state index is -0.929. The average molecular weight is 480 g/mol. The van der Waals surface area contributed by atoms with E-state index in [0.717, 1.165) is 21.7 Å². The fourth-order valence-electron chi connectivity index (χ4n) is 3.52. The predicted molar refractivity (Wildman–Crippen MR) is 135 cm³/mol. The van der Waals surface area contributed by atoms with E-state index in [1.165, 1.54) is 5.56 Å². The molecule has 170 valence electrons. The van der Waals surface area contributed by atoms with Crippen LogP contribution in [0.25, 0.3) is 11.3 Å². The summed E-state index contributed by atoms with van der Waals surface area (Å²) in [5.41, 5.74) is 4.40. The van der Waals surface area contributed by atoms with Crippen molar-refractivity contribution in [1.29, 1.82) is 0 Å². The summed E-state index contributed by atoms with van der Waals surface area (Å²) in [6.45, 7) is 4.86. The molecule has 0 aliphatic carbocycles. The summed E-state index contributed by atoms with van der Waals surface area (Å²) >= 11 is 1.64. The van der Waals surface area contributed by atoms with Crippen LogP contribution in [0.1, 0.15) is 58.0 Å². The van der Waals surface area contributed by atoms with Gasteiger partial charge < -0.3 is 5.11 Å². The van der Waals surface area contributed by atoms with Gasteiger partial charge in [0.2, 0.25) is 0 Å². The number of hydrogen-bond donors (Lipinski definition) is 2. The van der Waals surface area contributed by atoms with Crippen LogP contribution in [0.15, 0.2) is 78.3 Å². The second kappa shape index (κ2) is 11.2. The molecule has 0 amide bonds. The van der Waals surface area contributed by atoms with Crippen LogP contribution >= 0.6 is 23.7 Å². The van der Waals surface area contributed by atoms with E-state index in [1.807, 2.05) is 23.6 Å². The van der Waals surface area contributed by atoms with E-state index in [1.54, 1.807) is 35.7 Å². The van der Waals surface area contributed by atoms with Gasteiger partial charge in [0.15, 0.2) is 5.82 Å². The molecule has 33 heavy (non-hydrogen) atoms. The summed E-state index contributed by atoms with van der Waals surface area (Å²) in [5, 5.41) is 14.8. The molecule has 0 fully saturated rings. The summed E-state index contributed by atoms with van der Waals surface area (Å²) in [6, 6.07) is 21.3. The largest absolute Gasteiger partial charge is 0.478 e. The molecule has 0 aliphatic heterocycles. The van der Waals surface area contributed by atoms with Gasteiger partial charge in [0.25, 0.3) is 0 Å². The van der Waals surface area contributed by atoms with E-state index >= 15 is 0 Å². The van der Waals surface area contributed by atoms with Crippen molar-refractivity contribution in [2.45, 2.75) is 32.4 Å². The van der Waals surface area contributed by atoms with Gasteiger partial charge in [-0.15, -0.1) is 23.7 Å². The molecule has 0 aliphatic rings. The molecule has 1 atom stereocenters. The molecule has 0 bridgehead atoms. The number of carbonyl (C=O) groups is 1. The van der Waals surface area contributed by atoms with E-state index in [9.17, 15) is 9.90 Å². The highest BCUT2D eigenvalue weighted by molar-refractivity contribution is 7.10. The minimum Gasteiger partial charge on any atom is -0.478 e. The van der Waals surface area contributed by atoms with Gasteiger partial charge in [-0.3, -0.25) is 5.32 Å². The second-order valence-electron chi connectivity index (χ2n) is 7.91. The smallest absolute Gasteiger partial charge is 0.335 e. The van der Waals surface area contributed by atoms with Crippen molar-refractivity contribution in [3.05, 3.63) is 106 Å². The fourth-order valence-corrected chi connectivity index (χ4v) is 4.32. The van der Waals surface area contributed by atoms with Crippen LogP contribution in [0.2, 0.25) is 0 Å².